The zero-order valence-electron chi connectivity index (χ0n) is 13.3. The molecule has 11 nitrogen and oxygen atoms in total. The van der Waals surface area contributed by atoms with Crippen LogP contribution < -0.4 is 4.52 Å². The minimum atomic E-state index is -5.06. The maximum atomic E-state index is 11.0. The van der Waals surface area contributed by atoms with E-state index in [1.807, 2.05) is 0 Å². The Hall–Kier alpha value is -2.52. The van der Waals surface area contributed by atoms with Gasteiger partial charge >= 0.3 is 27.6 Å². The molecule has 0 aliphatic rings. The zero-order chi connectivity index (χ0) is 20.7. The summed E-state index contributed by atoms with van der Waals surface area (Å²) in [6.45, 7) is 0. The maximum Gasteiger partial charge on any atom is 0.536 e. The van der Waals surface area contributed by atoms with Gasteiger partial charge in [0, 0.05) is 0 Å². The fourth-order valence-electron chi connectivity index (χ4n) is 1.55. The number of benzene rings is 2. The molecule has 27 heavy (non-hydrogen) atoms. The Balaban J connectivity index is 0.000000277. The summed E-state index contributed by atoms with van der Waals surface area (Å²) in [4.78, 5) is 46.3. The van der Waals surface area contributed by atoms with E-state index in [2.05, 4.69) is 8.83 Å². The van der Waals surface area contributed by atoms with Crippen LogP contribution in [0.4, 0.5) is 0 Å². The van der Waals surface area contributed by atoms with Crippen LogP contribution in [0.15, 0.2) is 54.6 Å². The Morgan fingerprint density at radius 3 is 1.67 bits per heavy atom. The predicted octanol–water partition coefficient (Wildman–Crippen LogP) is 2.36. The van der Waals surface area contributed by atoms with Crippen molar-refractivity contribution in [1.82, 2.24) is 0 Å². The molecule has 0 spiro atoms. The molecule has 0 saturated heterocycles. The van der Waals surface area contributed by atoms with Crippen molar-refractivity contribution in [3.05, 3.63) is 65.7 Å². The standard InChI is InChI=1S/C8H6O4.C6H8O7P2/c9-7(10)5-2-1-3-6(4-5)8(11)12;7-14(8,9)13-15(10,11)12-6-4-2-1-3-5-6/h1-4H,(H,9,10)(H,11,12);1-5H,(H,10,11)(H2,7,8,9). The fourth-order valence-corrected chi connectivity index (χ4v) is 3.15. The topological polar surface area (TPSA) is 188 Å². The average molecular weight is 420 g/mol. The van der Waals surface area contributed by atoms with E-state index in [4.69, 9.17) is 24.9 Å². The smallest absolute Gasteiger partial charge is 0.478 e. The van der Waals surface area contributed by atoms with Crippen LogP contribution in [0.2, 0.25) is 0 Å². The normalized spacial score (nSPS) is 12.9. The molecule has 1 unspecified atom stereocenters. The number of carbonyl (C=O) groups is 2. The number of carboxylic acid groups (broad SMARTS) is 2. The number of hydrogen-bond donors (Lipinski definition) is 5. The lowest BCUT2D eigenvalue weighted by Crippen LogP contribution is -2.01. The first-order valence-corrected chi connectivity index (χ1v) is 9.83. The molecule has 0 aromatic heterocycles. The lowest BCUT2D eigenvalue weighted by Gasteiger charge is -2.12. The minimum absolute atomic E-state index is 0.0186. The third-order valence-corrected chi connectivity index (χ3v) is 4.65. The van der Waals surface area contributed by atoms with Crippen molar-refractivity contribution in [2.75, 3.05) is 0 Å². The first-order valence-electron chi connectivity index (χ1n) is 6.80. The van der Waals surface area contributed by atoms with Crippen molar-refractivity contribution in [2.45, 2.75) is 0 Å². The third-order valence-electron chi connectivity index (χ3n) is 2.53. The third kappa shape index (κ3) is 9.11. The summed E-state index contributed by atoms with van der Waals surface area (Å²) in [6.07, 6.45) is 0. The van der Waals surface area contributed by atoms with Gasteiger partial charge in [-0.05, 0) is 30.3 Å². The molecular weight excluding hydrogens is 406 g/mol. The van der Waals surface area contributed by atoms with Crippen LogP contribution in [0.5, 0.6) is 5.75 Å². The summed E-state index contributed by atoms with van der Waals surface area (Å²) in [7, 11) is -9.86. The highest BCUT2D eigenvalue weighted by atomic mass is 31.3. The molecule has 1 atom stereocenters. The average Bonchev–Trinajstić information content (AvgIpc) is 2.53. The molecule has 2 aromatic carbocycles. The molecule has 0 aliphatic carbocycles. The van der Waals surface area contributed by atoms with Gasteiger partial charge in [0.25, 0.3) is 0 Å². The summed E-state index contributed by atoms with van der Waals surface area (Å²) >= 11 is 0. The summed E-state index contributed by atoms with van der Waals surface area (Å²) in [5, 5.41) is 17.0. The van der Waals surface area contributed by atoms with E-state index in [0.717, 1.165) is 6.07 Å². The molecule has 0 amide bonds. The van der Waals surface area contributed by atoms with Gasteiger partial charge in [-0.2, -0.15) is 4.31 Å². The highest BCUT2D eigenvalue weighted by molar-refractivity contribution is 7.60. The van der Waals surface area contributed by atoms with E-state index in [1.54, 1.807) is 6.07 Å². The van der Waals surface area contributed by atoms with Crippen LogP contribution in [0.25, 0.3) is 0 Å². The molecule has 13 heteroatoms. The van der Waals surface area contributed by atoms with Crippen molar-refractivity contribution in [2.24, 2.45) is 0 Å². The van der Waals surface area contributed by atoms with Crippen molar-refractivity contribution in [3.63, 3.8) is 0 Å². The fraction of sp³-hybridized carbons (Fsp3) is 0. The van der Waals surface area contributed by atoms with Crippen molar-refractivity contribution in [1.29, 1.82) is 0 Å². The molecule has 0 fully saturated rings. The molecule has 146 valence electrons. The Bertz CT molecular complexity index is 862. The number of para-hydroxylation sites is 1. The Kier molecular flexibility index (Phi) is 7.86. The second-order valence-electron chi connectivity index (χ2n) is 4.64. The second kappa shape index (κ2) is 9.43. The summed E-state index contributed by atoms with van der Waals surface area (Å²) in [5.41, 5.74) is -0.0372. The highest BCUT2D eigenvalue weighted by Gasteiger charge is 2.33. The van der Waals surface area contributed by atoms with E-state index < -0.39 is 27.6 Å². The molecule has 2 aromatic rings. The molecule has 2 rings (SSSR count). The van der Waals surface area contributed by atoms with Gasteiger partial charge in [-0.3, -0.25) is 4.89 Å². The van der Waals surface area contributed by atoms with E-state index >= 15 is 0 Å². The van der Waals surface area contributed by atoms with E-state index in [9.17, 15) is 18.7 Å². The minimum Gasteiger partial charge on any atom is -0.478 e. The van der Waals surface area contributed by atoms with Gasteiger partial charge in [0.15, 0.2) is 0 Å². The molecule has 0 heterocycles. The van der Waals surface area contributed by atoms with Gasteiger partial charge in [0.1, 0.15) is 5.75 Å². The van der Waals surface area contributed by atoms with E-state index in [-0.39, 0.29) is 16.9 Å². The zero-order valence-corrected chi connectivity index (χ0v) is 15.1. The summed E-state index contributed by atoms with van der Waals surface area (Å²) in [6, 6.07) is 12.6. The predicted molar refractivity (Wildman–Crippen MR) is 90.4 cm³/mol. The van der Waals surface area contributed by atoms with Crippen LogP contribution in [-0.2, 0) is 13.4 Å². The maximum absolute atomic E-state index is 11.0. The molecule has 0 bridgehead atoms. The van der Waals surface area contributed by atoms with Crippen LogP contribution in [0, 0.1) is 0 Å². The lowest BCUT2D eigenvalue weighted by molar-refractivity contribution is 0.0696. The van der Waals surface area contributed by atoms with Gasteiger partial charge < -0.3 is 24.5 Å². The van der Waals surface area contributed by atoms with Gasteiger partial charge in [-0.25, -0.2) is 18.7 Å². The largest absolute Gasteiger partial charge is 0.536 e. The highest BCUT2D eigenvalue weighted by Crippen LogP contribution is 2.57. The molecular formula is C14H14O11P2. The van der Waals surface area contributed by atoms with Crippen LogP contribution >= 0.6 is 15.6 Å². The number of rotatable bonds is 6. The Labute approximate surface area is 152 Å². The van der Waals surface area contributed by atoms with Gasteiger partial charge in [-0.15, -0.1) is 0 Å². The van der Waals surface area contributed by atoms with Gasteiger partial charge in [0.2, 0.25) is 0 Å². The van der Waals surface area contributed by atoms with Gasteiger partial charge in [-0.1, -0.05) is 24.3 Å². The van der Waals surface area contributed by atoms with Crippen molar-refractivity contribution < 1.29 is 52.4 Å². The second-order valence-corrected chi connectivity index (χ2v) is 7.39. The molecule has 5 N–H and O–H groups in total. The first-order chi connectivity index (χ1) is 12.4. The lowest BCUT2D eigenvalue weighted by atomic mass is 10.1. The Morgan fingerprint density at radius 2 is 1.26 bits per heavy atom. The molecule has 0 aliphatic heterocycles. The monoisotopic (exact) mass is 420 g/mol. The van der Waals surface area contributed by atoms with E-state index in [0.29, 0.717) is 0 Å². The SMILES string of the molecule is O=C(O)c1cccc(C(=O)O)c1.O=P(O)(O)OP(=O)(O)Oc1ccccc1. The summed E-state index contributed by atoms with van der Waals surface area (Å²) < 4.78 is 29.3. The molecule has 0 saturated carbocycles. The Morgan fingerprint density at radius 1 is 0.778 bits per heavy atom. The number of carboxylic acids is 2. The van der Waals surface area contributed by atoms with Crippen molar-refractivity contribution in [3.8, 4) is 5.75 Å². The number of phosphoric acid groups is 2. The van der Waals surface area contributed by atoms with E-state index in [1.165, 1.54) is 42.5 Å². The number of hydrogen-bond acceptors (Lipinski definition) is 6. The van der Waals surface area contributed by atoms with Crippen LogP contribution in [0.3, 0.4) is 0 Å². The van der Waals surface area contributed by atoms with Crippen LogP contribution in [-0.4, -0.2) is 36.8 Å². The van der Waals surface area contributed by atoms with Gasteiger partial charge in [0.05, 0.1) is 11.1 Å². The van der Waals surface area contributed by atoms with Crippen LogP contribution in [0.1, 0.15) is 20.7 Å². The summed E-state index contributed by atoms with van der Waals surface area (Å²) in [5.74, 6) is -2.28. The molecule has 0 radical (unpaired) electrons. The first kappa shape index (κ1) is 22.5. The van der Waals surface area contributed by atoms with Crippen molar-refractivity contribution >= 4 is 27.6 Å². The quantitative estimate of drug-likeness (QED) is 0.432. The number of phosphoric ester groups is 1. The number of aromatic carboxylic acids is 2.